The predicted octanol–water partition coefficient (Wildman–Crippen LogP) is 4.22. The van der Waals surface area contributed by atoms with Gasteiger partial charge in [0.15, 0.2) is 0 Å². The summed E-state index contributed by atoms with van der Waals surface area (Å²) in [7, 11) is 1.59. The van der Waals surface area contributed by atoms with Gasteiger partial charge in [-0.15, -0.1) is 0 Å². The number of pyridine rings is 1. The molecule has 4 nitrogen and oxygen atoms in total. The van der Waals surface area contributed by atoms with Gasteiger partial charge in [0, 0.05) is 23.0 Å². The molecule has 2 aromatic carbocycles. The van der Waals surface area contributed by atoms with Crippen molar-refractivity contribution in [2.45, 2.75) is 0 Å². The molecule has 0 unspecified atom stereocenters. The van der Waals surface area contributed by atoms with Crippen molar-refractivity contribution in [1.29, 1.82) is 0 Å². The van der Waals surface area contributed by atoms with E-state index in [2.05, 4.69) is 10.3 Å². The standard InChI is InChI=1S/C16H14ClN3O/c1-21-15-6-5-10(9-12(15)17)20-14-7-8-19-16-11(14)3-2-4-13(16)18/h2-9H,18H2,1H3,(H,19,20). The third-order valence-corrected chi connectivity index (χ3v) is 3.53. The van der Waals surface area contributed by atoms with E-state index in [1.54, 1.807) is 13.3 Å². The Balaban J connectivity index is 2.02. The van der Waals surface area contributed by atoms with Gasteiger partial charge < -0.3 is 15.8 Å². The maximum atomic E-state index is 6.14. The molecule has 0 spiro atoms. The van der Waals surface area contributed by atoms with Gasteiger partial charge in [0.1, 0.15) is 5.75 Å². The van der Waals surface area contributed by atoms with Gasteiger partial charge in [-0.25, -0.2) is 0 Å². The van der Waals surface area contributed by atoms with Crippen LogP contribution in [0.4, 0.5) is 17.1 Å². The third-order valence-electron chi connectivity index (χ3n) is 3.23. The van der Waals surface area contributed by atoms with Crippen LogP contribution in [0.2, 0.25) is 5.02 Å². The summed E-state index contributed by atoms with van der Waals surface area (Å²) < 4.78 is 5.15. The summed E-state index contributed by atoms with van der Waals surface area (Å²) in [6.45, 7) is 0. The molecule has 106 valence electrons. The maximum absolute atomic E-state index is 6.14. The van der Waals surface area contributed by atoms with Crippen LogP contribution in [0.15, 0.2) is 48.7 Å². The molecule has 0 saturated carbocycles. The Hall–Kier alpha value is -2.46. The molecule has 0 aliphatic rings. The van der Waals surface area contributed by atoms with Crippen molar-refractivity contribution in [2.75, 3.05) is 18.2 Å². The highest BCUT2D eigenvalue weighted by molar-refractivity contribution is 6.32. The highest BCUT2D eigenvalue weighted by Gasteiger charge is 2.06. The smallest absolute Gasteiger partial charge is 0.137 e. The van der Waals surface area contributed by atoms with E-state index in [0.717, 1.165) is 22.3 Å². The van der Waals surface area contributed by atoms with E-state index >= 15 is 0 Å². The number of hydrogen-bond acceptors (Lipinski definition) is 4. The summed E-state index contributed by atoms with van der Waals surface area (Å²) in [4.78, 5) is 4.32. The lowest BCUT2D eigenvalue weighted by Gasteiger charge is -2.11. The molecule has 0 radical (unpaired) electrons. The SMILES string of the molecule is COc1ccc(Nc2ccnc3c(N)cccc23)cc1Cl. The molecule has 0 saturated heterocycles. The molecule has 5 heteroatoms. The zero-order valence-corrected chi connectivity index (χ0v) is 12.2. The van der Waals surface area contributed by atoms with Crippen molar-refractivity contribution >= 4 is 39.6 Å². The summed E-state index contributed by atoms with van der Waals surface area (Å²) in [5, 5.41) is 4.85. The predicted molar refractivity (Wildman–Crippen MR) is 87.4 cm³/mol. The topological polar surface area (TPSA) is 60.2 Å². The number of nitrogens with two attached hydrogens (primary N) is 1. The van der Waals surface area contributed by atoms with E-state index in [0.29, 0.717) is 16.5 Å². The number of rotatable bonds is 3. The molecule has 3 rings (SSSR count). The molecule has 0 aliphatic heterocycles. The molecule has 0 amide bonds. The average Bonchev–Trinajstić information content (AvgIpc) is 2.49. The van der Waals surface area contributed by atoms with E-state index in [9.17, 15) is 0 Å². The highest BCUT2D eigenvalue weighted by Crippen LogP contribution is 2.31. The van der Waals surface area contributed by atoms with Gasteiger partial charge in [-0.1, -0.05) is 23.7 Å². The first-order valence-corrected chi connectivity index (χ1v) is 6.80. The van der Waals surface area contributed by atoms with Crippen LogP contribution in [-0.4, -0.2) is 12.1 Å². The number of nitrogens with zero attached hydrogens (tertiary/aromatic N) is 1. The van der Waals surface area contributed by atoms with Gasteiger partial charge in [0.25, 0.3) is 0 Å². The number of halogens is 1. The average molecular weight is 300 g/mol. The highest BCUT2D eigenvalue weighted by atomic mass is 35.5. The molecule has 0 aliphatic carbocycles. The summed E-state index contributed by atoms with van der Waals surface area (Å²) in [5.74, 6) is 0.644. The lowest BCUT2D eigenvalue weighted by atomic mass is 10.1. The van der Waals surface area contributed by atoms with Crippen LogP contribution in [0.3, 0.4) is 0 Å². The van der Waals surface area contributed by atoms with Crippen molar-refractivity contribution in [3.05, 3.63) is 53.7 Å². The van der Waals surface area contributed by atoms with Gasteiger partial charge in [-0.3, -0.25) is 4.98 Å². The molecular weight excluding hydrogens is 286 g/mol. The van der Waals surface area contributed by atoms with Crippen LogP contribution >= 0.6 is 11.6 Å². The first kappa shape index (κ1) is 13.5. The van der Waals surface area contributed by atoms with E-state index in [1.807, 2.05) is 42.5 Å². The zero-order valence-electron chi connectivity index (χ0n) is 11.4. The Morgan fingerprint density at radius 1 is 1.19 bits per heavy atom. The fraction of sp³-hybridized carbons (Fsp3) is 0.0625. The van der Waals surface area contributed by atoms with Crippen molar-refractivity contribution in [2.24, 2.45) is 0 Å². The second-order valence-electron chi connectivity index (χ2n) is 4.58. The van der Waals surface area contributed by atoms with Crippen LogP contribution in [0.5, 0.6) is 5.75 Å². The molecule has 0 atom stereocenters. The normalized spacial score (nSPS) is 10.6. The number of hydrogen-bond donors (Lipinski definition) is 2. The van der Waals surface area contributed by atoms with Crippen LogP contribution < -0.4 is 15.8 Å². The zero-order chi connectivity index (χ0) is 14.8. The number of benzene rings is 2. The molecule has 3 aromatic rings. The first-order valence-electron chi connectivity index (χ1n) is 6.43. The van der Waals surface area contributed by atoms with Gasteiger partial charge >= 0.3 is 0 Å². The van der Waals surface area contributed by atoms with Gasteiger partial charge in [-0.2, -0.15) is 0 Å². The van der Waals surface area contributed by atoms with Crippen LogP contribution in [-0.2, 0) is 0 Å². The Labute approximate surface area is 127 Å². The van der Waals surface area contributed by atoms with Crippen LogP contribution in [0, 0.1) is 0 Å². The number of aromatic nitrogens is 1. The molecule has 1 heterocycles. The quantitative estimate of drug-likeness (QED) is 0.711. The number of para-hydroxylation sites is 1. The van der Waals surface area contributed by atoms with Crippen molar-refractivity contribution in [3.63, 3.8) is 0 Å². The van der Waals surface area contributed by atoms with Gasteiger partial charge in [-0.05, 0) is 30.3 Å². The molecule has 21 heavy (non-hydrogen) atoms. The van der Waals surface area contributed by atoms with Crippen molar-refractivity contribution in [1.82, 2.24) is 4.98 Å². The lowest BCUT2D eigenvalue weighted by Crippen LogP contribution is -1.95. The summed E-state index contributed by atoms with van der Waals surface area (Å²) in [6, 6.07) is 13.2. The number of nitrogen functional groups attached to an aromatic ring is 1. The van der Waals surface area contributed by atoms with Crippen LogP contribution in [0.1, 0.15) is 0 Å². The summed E-state index contributed by atoms with van der Waals surface area (Å²) >= 11 is 6.14. The molecule has 0 fully saturated rings. The number of anilines is 3. The van der Waals surface area contributed by atoms with E-state index in [1.165, 1.54) is 0 Å². The Bertz CT molecular complexity index is 805. The number of ether oxygens (including phenoxy) is 1. The van der Waals surface area contributed by atoms with E-state index in [-0.39, 0.29) is 0 Å². The minimum absolute atomic E-state index is 0.556. The Kier molecular flexibility index (Phi) is 3.54. The van der Waals surface area contributed by atoms with E-state index in [4.69, 9.17) is 22.1 Å². The van der Waals surface area contributed by atoms with Gasteiger partial charge in [0.05, 0.1) is 23.3 Å². The molecule has 1 aromatic heterocycles. The minimum atomic E-state index is 0.556. The van der Waals surface area contributed by atoms with Crippen LogP contribution in [0.25, 0.3) is 10.9 Å². The lowest BCUT2D eigenvalue weighted by molar-refractivity contribution is 0.415. The Morgan fingerprint density at radius 2 is 2.05 bits per heavy atom. The maximum Gasteiger partial charge on any atom is 0.137 e. The number of fused-ring (bicyclic) bond motifs is 1. The fourth-order valence-electron chi connectivity index (χ4n) is 2.21. The fourth-order valence-corrected chi connectivity index (χ4v) is 2.47. The number of nitrogens with one attached hydrogen (secondary N) is 1. The molecular formula is C16H14ClN3O. The summed E-state index contributed by atoms with van der Waals surface area (Å²) in [6.07, 6.45) is 1.73. The van der Waals surface area contributed by atoms with E-state index < -0.39 is 0 Å². The molecule has 3 N–H and O–H groups in total. The van der Waals surface area contributed by atoms with Crippen molar-refractivity contribution < 1.29 is 4.74 Å². The first-order chi connectivity index (χ1) is 10.2. The minimum Gasteiger partial charge on any atom is -0.495 e. The number of methoxy groups -OCH3 is 1. The largest absolute Gasteiger partial charge is 0.495 e. The third kappa shape index (κ3) is 2.58. The second kappa shape index (κ2) is 5.50. The van der Waals surface area contributed by atoms with Crippen molar-refractivity contribution in [3.8, 4) is 5.75 Å². The van der Waals surface area contributed by atoms with Gasteiger partial charge in [0.2, 0.25) is 0 Å². The Morgan fingerprint density at radius 3 is 2.81 bits per heavy atom. The second-order valence-corrected chi connectivity index (χ2v) is 4.98. The molecule has 0 bridgehead atoms. The summed E-state index contributed by atoms with van der Waals surface area (Å²) in [5.41, 5.74) is 9.18. The monoisotopic (exact) mass is 299 g/mol.